The van der Waals surface area contributed by atoms with Crippen molar-refractivity contribution in [3.05, 3.63) is 0 Å². The number of carbonyl (C=O) groups excluding carboxylic acids is 1. The lowest BCUT2D eigenvalue weighted by molar-refractivity contribution is -0.148. The van der Waals surface area contributed by atoms with E-state index in [1.54, 1.807) is 0 Å². The number of nitrogens with one attached hydrogen (secondary N) is 1. The summed E-state index contributed by atoms with van der Waals surface area (Å²) in [5, 5.41) is 3.72. The van der Waals surface area contributed by atoms with E-state index in [1.807, 2.05) is 0 Å². The van der Waals surface area contributed by atoms with E-state index in [0.717, 1.165) is 25.6 Å². The lowest BCUT2D eigenvalue weighted by atomic mass is 9.95. The molecule has 114 valence electrons. The third kappa shape index (κ3) is 3.01. The largest absolute Gasteiger partial charge is 0.468 e. The molecular formula is C16H28N2O2. The molecule has 1 heterocycles. The van der Waals surface area contributed by atoms with Crippen LogP contribution in [0.15, 0.2) is 0 Å². The molecule has 0 bridgehead atoms. The van der Waals surface area contributed by atoms with Gasteiger partial charge in [-0.1, -0.05) is 25.7 Å². The quantitative estimate of drug-likeness (QED) is 0.632. The second-order valence-corrected chi connectivity index (χ2v) is 6.86. The molecule has 0 aromatic rings. The number of likely N-dealkylation sites (tertiary alicyclic amines) is 1. The predicted octanol–water partition coefficient (Wildman–Crippen LogP) is 2.08. The Labute approximate surface area is 122 Å². The molecule has 1 saturated heterocycles. The highest BCUT2D eigenvalue weighted by molar-refractivity contribution is 5.81. The van der Waals surface area contributed by atoms with Crippen LogP contribution in [0.5, 0.6) is 0 Å². The molecule has 0 amide bonds. The summed E-state index contributed by atoms with van der Waals surface area (Å²) in [7, 11) is 1.53. The van der Waals surface area contributed by atoms with Gasteiger partial charge in [-0.3, -0.25) is 15.0 Å². The minimum absolute atomic E-state index is 0.0510. The maximum absolute atomic E-state index is 12.4. The van der Waals surface area contributed by atoms with Gasteiger partial charge in [0.05, 0.1) is 7.11 Å². The van der Waals surface area contributed by atoms with E-state index < -0.39 is 5.54 Å². The lowest BCUT2D eigenvalue weighted by Crippen LogP contribution is -2.58. The normalized spacial score (nSPS) is 33.0. The van der Waals surface area contributed by atoms with Gasteiger partial charge in [0.2, 0.25) is 0 Å². The Bertz CT molecular complexity index is 348. The van der Waals surface area contributed by atoms with E-state index in [9.17, 15) is 4.79 Å². The van der Waals surface area contributed by atoms with Gasteiger partial charge in [-0.05, 0) is 32.1 Å². The highest BCUT2D eigenvalue weighted by Crippen LogP contribution is 2.35. The molecule has 1 atom stereocenters. The van der Waals surface area contributed by atoms with Crippen LogP contribution in [0.1, 0.15) is 57.8 Å². The molecule has 3 fully saturated rings. The van der Waals surface area contributed by atoms with Gasteiger partial charge in [0.1, 0.15) is 5.54 Å². The number of methoxy groups -OCH3 is 1. The molecule has 3 rings (SSSR count). The van der Waals surface area contributed by atoms with Gasteiger partial charge < -0.3 is 4.74 Å². The summed E-state index contributed by atoms with van der Waals surface area (Å²) in [6.45, 7) is 1.89. The fourth-order valence-corrected chi connectivity index (χ4v) is 3.94. The van der Waals surface area contributed by atoms with Crippen LogP contribution in [-0.2, 0) is 9.53 Å². The van der Waals surface area contributed by atoms with Gasteiger partial charge in [0, 0.05) is 25.2 Å². The fraction of sp³-hybridized carbons (Fsp3) is 0.938. The van der Waals surface area contributed by atoms with Crippen LogP contribution >= 0.6 is 0 Å². The first-order valence-corrected chi connectivity index (χ1v) is 8.34. The zero-order chi connectivity index (χ0) is 14.0. The number of carbonyl (C=O) groups is 1. The maximum atomic E-state index is 12.4. The monoisotopic (exact) mass is 280 g/mol. The van der Waals surface area contributed by atoms with Gasteiger partial charge in [-0.15, -0.1) is 0 Å². The minimum Gasteiger partial charge on any atom is -0.468 e. The van der Waals surface area contributed by atoms with E-state index in [4.69, 9.17) is 4.74 Å². The predicted molar refractivity (Wildman–Crippen MR) is 78.6 cm³/mol. The summed E-state index contributed by atoms with van der Waals surface area (Å²) in [5.41, 5.74) is -0.438. The summed E-state index contributed by atoms with van der Waals surface area (Å²) < 4.78 is 5.13. The number of nitrogens with zero attached hydrogens (tertiary/aromatic N) is 1. The summed E-state index contributed by atoms with van der Waals surface area (Å²) in [5.74, 6) is -0.0510. The number of esters is 1. The van der Waals surface area contributed by atoms with Crippen molar-refractivity contribution in [2.75, 3.05) is 20.2 Å². The van der Waals surface area contributed by atoms with E-state index in [-0.39, 0.29) is 5.97 Å². The molecule has 0 radical (unpaired) electrons. The summed E-state index contributed by atoms with van der Waals surface area (Å²) >= 11 is 0. The standard InChI is InChI=1S/C16H28N2O2/c1-20-15(19)16(10-11-18(12-16)14-8-9-14)17-13-6-4-2-3-5-7-13/h13-14,17H,2-12H2,1H3. The Morgan fingerprint density at radius 2 is 1.85 bits per heavy atom. The van der Waals surface area contributed by atoms with Crippen molar-refractivity contribution in [3.8, 4) is 0 Å². The first kappa shape index (κ1) is 14.3. The zero-order valence-corrected chi connectivity index (χ0v) is 12.7. The van der Waals surface area contributed by atoms with Crippen molar-refractivity contribution in [1.29, 1.82) is 0 Å². The Morgan fingerprint density at radius 3 is 2.45 bits per heavy atom. The first-order valence-electron chi connectivity index (χ1n) is 8.34. The number of ether oxygens (including phenoxy) is 1. The second-order valence-electron chi connectivity index (χ2n) is 6.86. The SMILES string of the molecule is COC(=O)C1(NC2CCCCCC2)CCN(C2CC2)C1. The van der Waals surface area contributed by atoms with Crippen molar-refractivity contribution in [2.45, 2.75) is 75.4 Å². The van der Waals surface area contributed by atoms with Crippen molar-refractivity contribution in [1.82, 2.24) is 10.2 Å². The van der Waals surface area contributed by atoms with Crippen LogP contribution in [0.4, 0.5) is 0 Å². The number of rotatable bonds is 4. The molecule has 4 heteroatoms. The van der Waals surface area contributed by atoms with E-state index in [1.165, 1.54) is 58.5 Å². The molecule has 3 aliphatic rings. The van der Waals surface area contributed by atoms with Gasteiger partial charge >= 0.3 is 5.97 Å². The molecule has 2 aliphatic carbocycles. The smallest absolute Gasteiger partial charge is 0.327 e. The zero-order valence-electron chi connectivity index (χ0n) is 12.7. The Kier molecular flexibility index (Phi) is 4.32. The van der Waals surface area contributed by atoms with Crippen molar-refractivity contribution < 1.29 is 9.53 Å². The fourth-order valence-electron chi connectivity index (χ4n) is 3.94. The van der Waals surface area contributed by atoms with Crippen molar-refractivity contribution in [2.24, 2.45) is 0 Å². The van der Waals surface area contributed by atoms with Crippen molar-refractivity contribution >= 4 is 5.97 Å². The average molecular weight is 280 g/mol. The molecule has 4 nitrogen and oxygen atoms in total. The average Bonchev–Trinajstić information content (AvgIpc) is 3.25. The number of hydrogen-bond donors (Lipinski definition) is 1. The molecule has 0 aromatic heterocycles. The van der Waals surface area contributed by atoms with E-state index in [0.29, 0.717) is 6.04 Å². The van der Waals surface area contributed by atoms with E-state index >= 15 is 0 Å². The van der Waals surface area contributed by atoms with Gasteiger partial charge in [-0.2, -0.15) is 0 Å². The molecule has 2 saturated carbocycles. The molecular weight excluding hydrogens is 252 g/mol. The summed E-state index contributed by atoms with van der Waals surface area (Å²) in [4.78, 5) is 14.9. The van der Waals surface area contributed by atoms with Crippen LogP contribution in [0.3, 0.4) is 0 Å². The first-order chi connectivity index (χ1) is 9.73. The van der Waals surface area contributed by atoms with Crippen LogP contribution < -0.4 is 5.32 Å². The highest BCUT2D eigenvalue weighted by Gasteiger charge is 2.49. The number of hydrogen-bond acceptors (Lipinski definition) is 4. The molecule has 1 aliphatic heterocycles. The van der Waals surface area contributed by atoms with Crippen LogP contribution in [-0.4, -0.2) is 48.7 Å². The van der Waals surface area contributed by atoms with Gasteiger partial charge in [0.25, 0.3) is 0 Å². The molecule has 20 heavy (non-hydrogen) atoms. The Morgan fingerprint density at radius 1 is 1.15 bits per heavy atom. The molecule has 0 aromatic carbocycles. The van der Waals surface area contributed by atoms with E-state index in [2.05, 4.69) is 10.2 Å². The second kappa shape index (κ2) is 6.02. The summed E-state index contributed by atoms with van der Waals surface area (Å²) in [6.07, 6.45) is 11.2. The third-order valence-electron chi connectivity index (χ3n) is 5.27. The lowest BCUT2D eigenvalue weighted by Gasteiger charge is -2.32. The Hall–Kier alpha value is -0.610. The van der Waals surface area contributed by atoms with Crippen LogP contribution in [0.25, 0.3) is 0 Å². The Balaban J connectivity index is 1.67. The third-order valence-corrected chi connectivity index (χ3v) is 5.27. The molecule has 1 unspecified atom stereocenters. The van der Waals surface area contributed by atoms with Crippen LogP contribution in [0.2, 0.25) is 0 Å². The molecule has 1 N–H and O–H groups in total. The topological polar surface area (TPSA) is 41.6 Å². The van der Waals surface area contributed by atoms with Gasteiger partial charge in [0.15, 0.2) is 0 Å². The van der Waals surface area contributed by atoms with Gasteiger partial charge in [-0.25, -0.2) is 0 Å². The van der Waals surface area contributed by atoms with Crippen LogP contribution in [0, 0.1) is 0 Å². The van der Waals surface area contributed by atoms with Crippen molar-refractivity contribution in [3.63, 3.8) is 0 Å². The highest BCUT2D eigenvalue weighted by atomic mass is 16.5. The summed E-state index contributed by atoms with van der Waals surface area (Å²) in [6, 6.07) is 1.23. The molecule has 0 spiro atoms. The maximum Gasteiger partial charge on any atom is 0.327 e. The minimum atomic E-state index is -0.438.